The lowest BCUT2D eigenvalue weighted by molar-refractivity contribution is -0.121. The molecule has 2 atom stereocenters. The number of pyridine rings is 1. The van der Waals surface area contributed by atoms with Gasteiger partial charge >= 0.3 is 0 Å². The highest BCUT2D eigenvalue weighted by atomic mass is 16.5. The lowest BCUT2D eigenvalue weighted by Crippen LogP contribution is -2.45. The summed E-state index contributed by atoms with van der Waals surface area (Å²) in [4.78, 5) is 25.2. The normalized spacial score (nSPS) is 13.3. The minimum absolute atomic E-state index is 0.00583. The van der Waals surface area contributed by atoms with Crippen LogP contribution in [0, 0.1) is 5.92 Å². The van der Waals surface area contributed by atoms with Crippen molar-refractivity contribution in [2.45, 2.75) is 45.8 Å². The van der Waals surface area contributed by atoms with Crippen LogP contribution in [0.4, 0.5) is 0 Å². The number of ether oxygens (including phenoxy) is 1. The Kier molecular flexibility index (Phi) is 7.66. The summed E-state index contributed by atoms with van der Waals surface area (Å²) in [7, 11) is 0. The summed E-state index contributed by atoms with van der Waals surface area (Å²) in [6, 6.07) is 15.9. The van der Waals surface area contributed by atoms with E-state index < -0.39 is 11.9 Å². The number of carbonyl (C=O) groups excluding carboxylic acids is 1. The molecule has 1 aromatic heterocycles. The van der Waals surface area contributed by atoms with Crippen LogP contribution in [0.5, 0.6) is 11.5 Å². The highest BCUT2D eigenvalue weighted by Crippen LogP contribution is 2.27. The van der Waals surface area contributed by atoms with Crippen LogP contribution in [0.2, 0.25) is 0 Å². The van der Waals surface area contributed by atoms with Gasteiger partial charge in [-0.15, -0.1) is 0 Å². The van der Waals surface area contributed by atoms with Gasteiger partial charge < -0.3 is 25.5 Å². The summed E-state index contributed by atoms with van der Waals surface area (Å²) in [6.07, 6.45) is 0.585. The van der Waals surface area contributed by atoms with Gasteiger partial charge in [-0.2, -0.15) is 0 Å². The summed E-state index contributed by atoms with van der Waals surface area (Å²) >= 11 is 0. The van der Waals surface area contributed by atoms with Gasteiger partial charge in [-0.1, -0.05) is 39.0 Å². The molecular formula is C25H31N3O4. The van der Waals surface area contributed by atoms with Crippen molar-refractivity contribution in [1.82, 2.24) is 9.88 Å². The SMILES string of the molecule is CCC(CO)n1c(=O)c(CN[C@H](C(N)=O)C(C)C)cc2ccc(Oc3ccccc3)cc21. The first kappa shape index (κ1) is 23.5. The molecule has 0 saturated carbocycles. The van der Waals surface area contributed by atoms with Gasteiger partial charge in [0.05, 0.1) is 24.2 Å². The van der Waals surface area contributed by atoms with Crippen LogP contribution in [0.15, 0.2) is 59.4 Å². The molecule has 1 unspecified atom stereocenters. The lowest BCUT2D eigenvalue weighted by Gasteiger charge is -2.22. The third-order valence-corrected chi connectivity index (χ3v) is 5.60. The predicted octanol–water partition coefficient (Wildman–Crippen LogP) is 3.34. The highest BCUT2D eigenvalue weighted by Gasteiger charge is 2.21. The van der Waals surface area contributed by atoms with E-state index in [1.807, 2.05) is 75.4 Å². The second-order valence-corrected chi connectivity index (χ2v) is 8.23. The number of aliphatic hydroxyl groups excluding tert-OH is 1. The molecule has 0 bridgehead atoms. The van der Waals surface area contributed by atoms with Crippen molar-refractivity contribution in [2.75, 3.05) is 6.61 Å². The Morgan fingerprint density at radius 3 is 2.44 bits per heavy atom. The number of primary amides is 1. The lowest BCUT2D eigenvalue weighted by atomic mass is 10.0. The number of aliphatic hydroxyl groups is 1. The molecule has 1 amide bonds. The van der Waals surface area contributed by atoms with Crippen molar-refractivity contribution >= 4 is 16.8 Å². The number of rotatable bonds is 10. The largest absolute Gasteiger partial charge is 0.457 e. The van der Waals surface area contributed by atoms with Gasteiger partial charge in [-0.05, 0) is 48.1 Å². The fraction of sp³-hybridized carbons (Fsp3) is 0.360. The number of hydrogen-bond acceptors (Lipinski definition) is 5. The number of nitrogens with one attached hydrogen (secondary N) is 1. The van der Waals surface area contributed by atoms with Gasteiger partial charge in [-0.3, -0.25) is 9.59 Å². The Morgan fingerprint density at radius 2 is 1.84 bits per heavy atom. The van der Waals surface area contributed by atoms with E-state index in [0.29, 0.717) is 29.0 Å². The fourth-order valence-electron chi connectivity index (χ4n) is 3.82. The summed E-state index contributed by atoms with van der Waals surface area (Å²) in [5, 5.41) is 13.9. The number of nitrogens with two attached hydrogens (primary N) is 1. The minimum Gasteiger partial charge on any atom is -0.457 e. The minimum atomic E-state index is -0.542. The molecule has 1 heterocycles. The van der Waals surface area contributed by atoms with E-state index in [4.69, 9.17) is 10.5 Å². The van der Waals surface area contributed by atoms with Gasteiger partial charge in [0.1, 0.15) is 11.5 Å². The van der Waals surface area contributed by atoms with Crippen molar-refractivity contribution in [2.24, 2.45) is 11.7 Å². The molecule has 32 heavy (non-hydrogen) atoms. The van der Waals surface area contributed by atoms with E-state index in [1.165, 1.54) is 0 Å². The molecule has 4 N–H and O–H groups in total. The van der Waals surface area contributed by atoms with Gasteiger partial charge in [0.2, 0.25) is 5.91 Å². The van der Waals surface area contributed by atoms with Crippen molar-refractivity contribution < 1.29 is 14.6 Å². The summed E-state index contributed by atoms with van der Waals surface area (Å²) in [6.45, 7) is 5.76. The number of para-hydroxylation sites is 1. The maximum absolute atomic E-state index is 13.4. The topological polar surface area (TPSA) is 107 Å². The Bertz CT molecular complexity index is 1120. The molecule has 170 valence electrons. The van der Waals surface area contributed by atoms with Crippen LogP contribution in [-0.2, 0) is 11.3 Å². The molecule has 0 saturated heterocycles. The molecule has 3 aromatic rings. The fourth-order valence-corrected chi connectivity index (χ4v) is 3.82. The Balaban J connectivity index is 2.05. The molecule has 0 aliphatic rings. The standard InChI is InChI=1S/C25H31N3O4/c1-4-19(15-29)28-22-13-21(32-20-8-6-5-7-9-20)11-10-17(22)12-18(25(28)31)14-27-23(16(2)3)24(26)30/h5-13,16,19,23,27,29H,4,14-15H2,1-3H3,(H2,26,30)/t19?,23-/m0/s1. The number of carbonyl (C=O) groups is 1. The number of amides is 1. The molecule has 7 heteroatoms. The summed E-state index contributed by atoms with van der Waals surface area (Å²) in [5.41, 5.74) is 6.48. The average Bonchev–Trinajstić information content (AvgIpc) is 2.77. The van der Waals surface area contributed by atoms with Crippen LogP contribution >= 0.6 is 0 Å². The first-order valence-corrected chi connectivity index (χ1v) is 10.9. The summed E-state index contributed by atoms with van der Waals surface area (Å²) in [5.74, 6) is 0.838. The van der Waals surface area contributed by atoms with E-state index in [-0.39, 0.29) is 30.7 Å². The first-order chi connectivity index (χ1) is 15.3. The predicted molar refractivity (Wildman–Crippen MR) is 126 cm³/mol. The van der Waals surface area contributed by atoms with Crippen molar-refractivity contribution in [3.63, 3.8) is 0 Å². The number of benzene rings is 2. The van der Waals surface area contributed by atoms with Crippen LogP contribution in [0.1, 0.15) is 38.8 Å². The zero-order valence-electron chi connectivity index (χ0n) is 18.7. The average molecular weight is 438 g/mol. The Morgan fingerprint density at radius 1 is 1.12 bits per heavy atom. The zero-order valence-corrected chi connectivity index (χ0v) is 18.7. The molecule has 7 nitrogen and oxygen atoms in total. The van der Waals surface area contributed by atoms with E-state index in [9.17, 15) is 14.7 Å². The van der Waals surface area contributed by atoms with Crippen LogP contribution in [0.25, 0.3) is 10.9 Å². The second kappa shape index (κ2) is 10.4. The Hall–Kier alpha value is -3.16. The number of fused-ring (bicyclic) bond motifs is 1. The van der Waals surface area contributed by atoms with Crippen LogP contribution in [-0.4, -0.2) is 28.2 Å². The molecular weight excluding hydrogens is 406 g/mol. The number of hydrogen-bond donors (Lipinski definition) is 3. The molecule has 0 aliphatic heterocycles. The molecule has 0 aliphatic carbocycles. The van der Waals surface area contributed by atoms with Gasteiger partial charge in [0.25, 0.3) is 5.56 Å². The second-order valence-electron chi connectivity index (χ2n) is 8.23. The van der Waals surface area contributed by atoms with E-state index in [0.717, 1.165) is 5.39 Å². The van der Waals surface area contributed by atoms with Crippen molar-refractivity contribution in [3.05, 3.63) is 70.5 Å². The van der Waals surface area contributed by atoms with Crippen LogP contribution < -0.4 is 21.3 Å². The van der Waals surface area contributed by atoms with Gasteiger partial charge in [-0.25, -0.2) is 0 Å². The maximum Gasteiger partial charge on any atom is 0.255 e. The maximum atomic E-state index is 13.4. The third kappa shape index (κ3) is 5.18. The summed E-state index contributed by atoms with van der Waals surface area (Å²) < 4.78 is 7.57. The van der Waals surface area contributed by atoms with Crippen LogP contribution in [0.3, 0.4) is 0 Å². The molecule has 3 rings (SSSR count). The first-order valence-electron chi connectivity index (χ1n) is 10.9. The van der Waals surface area contributed by atoms with Crippen molar-refractivity contribution in [3.8, 4) is 11.5 Å². The monoisotopic (exact) mass is 437 g/mol. The van der Waals surface area contributed by atoms with E-state index in [1.54, 1.807) is 4.57 Å². The smallest absolute Gasteiger partial charge is 0.255 e. The molecule has 2 aromatic carbocycles. The number of aromatic nitrogens is 1. The van der Waals surface area contributed by atoms with E-state index >= 15 is 0 Å². The third-order valence-electron chi connectivity index (χ3n) is 5.60. The molecule has 0 spiro atoms. The Labute approximate surface area is 187 Å². The molecule has 0 fully saturated rings. The van der Waals surface area contributed by atoms with Gasteiger partial charge in [0.15, 0.2) is 0 Å². The quantitative estimate of drug-likeness (QED) is 0.451. The van der Waals surface area contributed by atoms with E-state index in [2.05, 4.69) is 5.32 Å². The van der Waals surface area contributed by atoms with Gasteiger partial charge in [0, 0.05) is 18.2 Å². The number of nitrogens with zero attached hydrogens (tertiary/aromatic N) is 1. The highest BCUT2D eigenvalue weighted by molar-refractivity contribution is 5.82. The molecule has 0 radical (unpaired) electrons. The van der Waals surface area contributed by atoms with Crippen molar-refractivity contribution in [1.29, 1.82) is 0 Å². The zero-order chi connectivity index (χ0) is 23.3.